The van der Waals surface area contributed by atoms with Gasteiger partial charge in [-0.15, -0.1) is 5.53 Å². The van der Waals surface area contributed by atoms with Crippen LogP contribution in [0.3, 0.4) is 0 Å². The van der Waals surface area contributed by atoms with E-state index in [1.54, 1.807) is 0 Å². The molecule has 0 bridgehead atoms. The van der Waals surface area contributed by atoms with E-state index >= 15 is 0 Å². The van der Waals surface area contributed by atoms with E-state index in [1.165, 1.54) is 0 Å². The number of hydrogen-bond acceptors (Lipinski definition) is 4. The SMILES string of the molecule is Cc1cc2c(c3c1NNN3)CCC2=O. The summed E-state index contributed by atoms with van der Waals surface area (Å²) < 4.78 is 0. The molecule has 14 heavy (non-hydrogen) atoms. The highest BCUT2D eigenvalue weighted by Crippen LogP contribution is 2.38. The van der Waals surface area contributed by atoms with Crippen molar-refractivity contribution in [3.05, 3.63) is 22.8 Å². The Bertz CT molecular complexity index is 439. The second kappa shape index (κ2) is 2.48. The predicted octanol–water partition coefficient (Wildman–Crippen LogP) is 1.38. The van der Waals surface area contributed by atoms with E-state index in [0.29, 0.717) is 6.42 Å². The second-order valence-corrected chi connectivity index (χ2v) is 3.77. The maximum absolute atomic E-state index is 11.5. The van der Waals surface area contributed by atoms with Crippen molar-refractivity contribution in [3.8, 4) is 0 Å². The third-order valence-electron chi connectivity index (χ3n) is 2.91. The lowest BCUT2D eigenvalue weighted by Gasteiger charge is -2.07. The molecule has 0 fully saturated rings. The zero-order valence-electron chi connectivity index (χ0n) is 7.90. The van der Waals surface area contributed by atoms with Crippen molar-refractivity contribution in [2.75, 3.05) is 10.9 Å². The van der Waals surface area contributed by atoms with E-state index in [-0.39, 0.29) is 5.78 Å². The number of rotatable bonds is 0. The van der Waals surface area contributed by atoms with Crippen molar-refractivity contribution in [2.24, 2.45) is 0 Å². The number of aryl methyl sites for hydroxylation is 1. The molecule has 0 unspecified atom stereocenters. The van der Waals surface area contributed by atoms with Gasteiger partial charge in [0.1, 0.15) is 0 Å². The standard InChI is InChI=1S/C10H11N3O/c1-5-4-7-6(2-3-8(7)14)10-9(5)11-13-12-10/h4,11-13H,2-3H2,1H3. The Hall–Kier alpha value is -1.55. The van der Waals surface area contributed by atoms with Gasteiger partial charge in [0.25, 0.3) is 0 Å². The highest BCUT2D eigenvalue weighted by Gasteiger charge is 2.27. The van der Waals surface area contributed by atoms with Gasteiger partial charge in [0.15, 0.2) is 5.78 Å². The number of carbonyl (C=O) groups excluding carboxylic acids is 1. The summed E-state index contributed by atoms with van der Waals surface area (Å²) in [6, 6.07) is 1.98. The number of fused-ring (bicyclic) bond motifs is 3. The molecule has 1 aromatic carbocycles. The van der Waals surface area contributed by atoms with Gasteiger partial charge < -0.3 is 10.9 Å². The lowest BCUT2D eigenvalue weighted by Crippen LogP contribution is -2.19. The molecule has 4 nitrogen and oxygen atoms in total. The van der Waals surface area contributed by atoms with Gasteiger partial charge >= 0.3 is 0 Å². The number of carbonyl (C=O) groups is 1. The number of hydrazine groups is 2. The van der Waals surface area contributed by atoms with Crippen molar-refractivity contribution in [1.82, 2.24) is 5.53 Å². The minimum absolute atomic E-state index is 0.264. The van der Waals surface area contributed by atoms with Crippen LogP contribution in [0.4, 0.5) is 11.4 Å². The Morgan fingerprint density at radius 2 is 2.00 bits per heavy atom. The number of anilines is 2. The number of hydrogen-bond donors (Lipinski definition) is 3. The molecule has 1 aliphatic heterocycles. The minimum Gasteiger partial charge on any atom is -0.302 e. The first-order chi connectivity index (χ1) is 6.77. The van der Waals surface area contributed by atoms with Crippen molar-refractivity contribution in [3.63, 3.8) is 0 Å². The van der Waals surface area contributed by atoms with Crippen LogP contribution in [0, 0.1) is 6.92 Å². The predicted molar refractivity (Wildman–Crippen MR) is 54.2 cm³/mol. The summed E-state index contributed by atoms with van der Waals surface area (Å²) in [4.78, 5) is 11.5. The Labute approximate surface area is 81.6 Å². The van der Waals surface area contributed by atoms with Crippen LogP contribution in [-0.4, -0.2) is 5.78 Å². The summed E-state index contributed by atoms with van der Waals surface area (Å²) in [5, 5.41) is 0. The van der Waals surface area contributed by atoms with Crippen LogP contribution in [0.15, 0.2) is 6.07 Å². The van der Waals surface area contributed by atoms with Gasteiger partial charge in [0.05, 0.1) is 11.4 Å². The zero-order valence-corrected chi connectivity index (χ0v) is 7.90. The molecule has 0 atom stereocenters. The fourth-order valence-electron chi connectivity index (χ4n) is 2.20. The fourth-order valence-corrected chi connectivity index (χ4v) is 2.20. The molecule has 0 saturated heterocycles. The van der Waals surface area contributed by atoms with Crippen LogP contribution in [0.1, 0.15) is 27.9 Å². The monoisotopic (exact) mass is 189 g/mol. The number of ketones is 1. The summed E-state index contributed by atoms with van der Waals surface area (Å²) >= 11 is 0. The van der Waals surface area contributed by atoms with Gasteiger partial charge in [0.2, 0.25) is 0 Å². The second-order valence-electron chi connectivity index (χ2n) is 3.77. The molecule has 1 heterocycles. The van der Waals surface area contributed by atoms with Gasteiger partial charge in [0, 0.05) is 12.0 Å². The van der Waals surface area contributed by atoms with Crippen LogP contribution in [0.2, 0.25) is 0 Å². The average molecular weight is 189 g/mol. The van der Waals surface area contributed by atoms with Gasteiger partial charge in [-0.25, -0.2) is 0 Å². The van der Waals surface area contributed by atoms with Gasteiger partial charge in [-0.1, -0.05) is 0 Å². The Morgan fingerprint density at radius 1 is 1.21 bits per heavy atom. The van der Waals surface area contributed by atoms with Crippen LogP contribution in [0.5, 0.6) is 0 Å². The Balaban J connectivity index is 2.31. The summed E-state index contributed by atoms with van der Waals surface area (Å²) in [5.74, 6) is 0.264. The quantitative estimate of drug-likeness (QED) is 0.577. The third kappa shape index (κ3) is 0.834. The van der Waals surface area contributed by atoms with Crippen LogP contribution >= 0.6 is 0 Å². The van der Waals surface area contributed by atoms with E-state index in [2.05, 4.69) is 16.4 Å². The maximum atomic E-state index is 11.5. The van der Waals surface area contributed by atoms with Gasteiger partial charge in [-0.3, -0.25) is 4.79 Å². The molecule has 1 aliphatic carbocycles. The lowest BCUT2D eigenvalue weighted by molar-refractivity contribution is 0.0994. The highest BCUT2D eigenvalue weighted by molar-refractivity contribution is 6.04. The molecule has 0 radical (unpaired) electrons. The first-order valence-electron chi connectivity index (χ1n) is 4.74. The molecule has 3 rings (SSSR count). The summed E-state index contributed by atoms with van der Waals surface area (Å²) in [7, 11) is 0. The summed E-state index contributed by atoms with van der Waals surface area (Å²) in [6.45, 7) is 2.01. The number of benzene rings is 1. The van der Waals surface area contributed by atoms with Gasteiger partial charge in [-0.05, 0) is 30.5 Å². The normalized spacial score (nSPS) is 17.4. The number of nitrogens with one attached hydrogen (secondary N) is 3. The van der Waals surface area contributed by atoms with Crippen molar-refractivity contribution < 1.29 is 4.79 Å². The number of Topliss-reactive ketones (excluding diaryl/α,β-unsaturated/α-hetero) is 1. The van der Waals surface area contributed by atoms with Crippen LogP contribution < -0.4 is 16.4 Å². The Kier molecular flexibility index (Phi) is 1.39. The summed E-state index contributed by atoms with van der Waals surface area (Å²) in [5.41, 5.74) is 14.2. The average Bonchev–Trinajstić information content (AvgIpc) is 2.74. The molecular formula is C10H11N3O. The van der Waals surface area contributed by atoms with E-state index in [9.17, 15) is 4.79 Å². The van der Waals surface area contributed by atoms with Crippen molar-refractivity contribution >= 4 is 17.2 Å². The van der Waals surface area contributed by atoms with Gasteiger partial charge in [-0.2, -0.15) is 0 Å². The third-order valence-corrected chi connectivity index (χ3v) is 2.91. The molecule has 2 aliphatic rings. The topological polar surface area (TPSA) is 53.2 Å². The molecule has 1 aromatic rings. The van der Waals surface area contributed by atoms with Crippen LogP contribution in [0.25, 0.3) is 0 Å². The summed E-state index contributed by atoms with van der Waals surface area (Å²) in [6.07, 6.45) is 1.50. The van der Waals surface area contributed by atoms with E-state index in [0.717, 1.165) is 34.5 Å². The molecule has 0 amide bonds. The molecule has 4 heteroatoms. The zero-order chi connectivity index (χ0) is 9.71. The van der Waals surface area contributed by atoms with Crippen molar-refractivity contribution in [1.29, 1.82) is 0 Å². The molecular weight excluding hydrogens is 178 g/mol. The molecule has 3 N–H and O–H groups in total. The van der Waals surface area contributed by atoms with E-state index < -0.39 is 0 Å². The molecule has 72 valence electrons. The Morgan fingerprint density at radius 3 is 2.86 bits per heavy atom. The maximum Gasteiger partial charge on any atom is 0.163 e. The minimum atomic E-state index is 0.264. The highest BCUT2D eigenvalue weighted by atomic mass is 16.1. The fraction of sp³-hybridized carbons (Fsp3) is 0.300. The molecule has 0 spiro atoms. The van der Waals surface area contributed by atoms with E-state index in [1.807, 2.05) is 13.0 Å². The lowest BCUT2D eigenvalue weighted by atomic mass is 10.0. The molecule has 0 saturated carbocycles. The van der Waals surface area contributed by atoms with E-state index in [4.69, 9.17) is 0 Å². The smallest absolute Gasteiger partial charge is 0.163 e. The first-order valence-corrected chi connectivity index (χ1v) is 4.74. The first kappa shape index (κ1) is 7.82. The van der Waals surface area contributed by atoms with Crippen molar-refractivity contribution in [2.45, 2.75) is 19.8 Å². The largest absolute Gasteiger partial charge is 0.302 e. The molecule has 0 aromatic heterocycles. The van der Waals surface area contributed by atoms with Crippen LogP contribution in [-0.2, 0) is 6.42 Å².